The predicted molar refractivity (Wildman–Crippen MR) is 92.3 cm³/mol. The van der Waals surface area contributed by atoms with Crippen molar-refractivity contribution in [2.24, 2.45) is 17.8 Å². The van der Waals surface area contributed by atoms with Gasteiger partial charge in [-0.05, 0) is 44.4 Å². The molecule has 0 radical (unpaired) electrons. The van der Waals surface area contributed by atoms with E-state index in [1.807, 2.05) is 6.92 Å². The molecule has 0 bridgehead atoms. The molecule has 2 heterocycles. The lowest BCUT2D eigenvalue weighted by atomic mass is 9.79. The van der Waals surface area contributed by atoms with Gasteiger partial charge in [0.25, 0.3) is 0 Å². The van der Waals surface area contributed by atoms with Crippen LogP contribution in [0, 0.1) is 17.8 Å². The van der Waals surface area contributed by atoms with Crippen LogP contribution in [0.2, 0.25) is 0 Å². The van der Waals surface area contributed by atoms with Gasteiger partial charge in [0.15, 0.2) is 11.6 Å². The Labute approximate surface area is 145 Å². The first kappa shape index (κ1) is 19.4. The number of nitrogens with zero attached hydrogens (tertiary/aromatic N) is 1. The zero-order valence-electron chi connectivity index (χ0n) is 15.7. The minimum atomic E-state index is -1.43. The van der Waals surface area contributed by atoms with E-state index < -0.39 is 5.79 Å². The van der Waals surface area contributed by atoms with Crippen LogP contribution in [0.25, 0.3) is 0 Å². The molecule has 2 rings (SSSR count). The standard InChI is InChI=1S/C19H33NO4/c1-12(2)18-13(3)10-14(4)19(23,24-18)11-17(22)20-9-7-6-8-16(20)15(5)21/h12-14,16,18,23H,6-11H2,1-5H3. The fourth-order valence-corrected chi connectivity index (χ4v) is 4.32. The van der Waals surface area contributed by atoms with E-state index >= 15 is 0 Å². The molecule has 0 saturated carbocycles. The van der Waals surface area contributed by atoms with Crippen molar-refractivity contribution in [1.29, 1.82) is 0 Å². The lowest BCUT2D eigenvalue weighted by Gasteiger charge is -2.47. The van der Waals surface area contributed by atoms with Gasteiger partial charge < -0.3 is 14.7 Å². The monoisotopic (exact) mass is 339 g/mol. The molecule has 5 atom stereocenters. The van der Waals surface area contributed by atoms with E-state index in [1.54, 1.807) is 11.8 Å². The third kappa shape index (κ3) is 3.99. The van der Waals surface area contributed by atoms with Crippen molar-refractivity contribution >= 4 is 11.7 Å². The lowest BCUT2D eigenvalue weighted by Crippen LogP contribution is -2.55. The van der Waals surface area contributed by atoms with Crippen molar-refractivity contribution in [2.75, 3.05) is 6.54 Å². The summed E-state index contributed by atoms with van der Waals surface area (Å²) in [5, 5.41) is 11.0. The second-order valence-electron chi connectivity index (χ2n) is 8.17. The molecule has 5 unspecified atom stereocenters. The van der Waals surface area contributed by atoms with Crippen LogP contribution in [0.15, 0.2) is 0 Å². The zero-order valence-corrected chi connectivity index (χ0v) is 15.7. The van der Waals surface area contributed by atoms with Gasteiger partial charge in [0.2, 0.25) is 5.91 Å². The summed E-state index contributed by atoms with van der Waals surface area (Å²) in [4.78, 5) is 26.3. The number of hydrogen-bond acceptors (Lipinski definition) is 4. The minimum Gasteiger partial charge on any atom is -0.365 e. The van der Waals surface area contributed by atoms with Gasteiger partial charge in [-0.1, -0.05) is 27.7 Å². The number of Topliss-reactive ketones (excluding diaryl/α,β-unsaturated/α-hetero) is 1. The summed E-state index contributed by atoms with van der Waals surface area (Å²) >= 11 is 0. The number of rotatable bonds is 4. The molecule has 0 aromatic carbocycles. The fraction of sp³-hybridized carbons (Fsp3) is 0.895. The highest BCUT2D eigenvalue weighted by Crippen LogP contribution is 2.40. The van der Waals surface area contributed by atoms with E-state index in [-0.39, 0.29) is 42.1 Å². The number of aliphatic hydroxyl groups is 1. The molecule has 2 fully saturated rings. The first-order valence-corrected chi connectivity index (χ1v) is 9.35. The van der Waals surface area contributed by atoms with Crippen LogP contribution in [0.1, 0.15) is 66.7 Å². The number of piperidine rings is 1. The van der Waals surface area contributed by atoms with E-state index in [9.17, 15) is 14.7 Å². The summed E-state index contributed by atoms with van der Waals surface area (Å²) in [6, 6.07) is -0.339. The largest absolute Gasteiger partial charge is 0.365 e. The molecule has 5 nitrogen and oxygen atoms in total. The maximum absolute atomic E-state index is 12.8. The molecule has 0 aliphatic carbocycles. The number of likely N-dealkylation sites (tertiary alicyclic amines) is 1. The highest BCUT2D eigenvalue weighted by atomic mass is 16.6. The summed E-state index contributed by atoms with van der Waals surface area (Å²) in [7, 11) is 0. The van der Waals surface area contributed by atoms with Crippen molar-refractivity contribution in [1.82, 2.24) is 4.90 Å². The summed E-state index contributed by atoms with van der Waals surface area (Å²) < 4.78 is 6.04. The van der Waals surface area contributed by atoms with Crippen molar-refractivity contribution in [2.45, 2.75) is 84.7 Å². The smallest absolute Gasteiger partial charge is 0.228 e. The number of amides is 1. The Kier molecular flexibility index (Phi) is 6.08. The normalized spacial score (nSPS) is 37.5. The number of carbonyl (C=O) groups is 2. The Morgan fingerprint density at radius 2 is 1.96 bits per heavy atom. The van der Waals surface area contributed by atoms with E-state index in [0.717, 1.165) is 25.7 Å². The second-order valence-corrected chi connectivity index (χ2v) is 8.17. The Morgan fingerprint density at radius 1 is 1.29 bits per heavy atom. The third-order valence-electron chi connectivity index (χ3n) is 5.75. The van der Waals surface area contributed by atoms with E-state index in [2.05, 4.69) is 20.8 Å². The molecule has 2 saturated heterocycles. The Morgan fingerprint density at radius 3 is 2.54 bits per heavy atom. The second kappa shape index (κ2) is 7.52. The van der Waals surface area contributed by atoms with Gasteiger partial charge >= 0.3 is 0 Å². The van der Waals surface area contributed by atoms with Crippen LogP contribution >= 0.6 is 0 Å². The quantitative estimate of drug-likeness (QED) is 0.855. The molecule has 0 aromatic rings. The Balaban J connectivity index is 2.12. The predicted octanol–water partition coefficient (Wildman–Crippen LogP) is 2.75. The first-order chi connectivity index (χ1) is 11.2. The average Bonchev–Trinajstić information content (AvgIpc) is 2.51. The van der Waals surface area contributed by atoms with Crippen LogP contribution in [-0.4, -0.2) is 46.2 Å². The highest BCUT2D eigenvalue weighted by Gasteiger charge is 2.47. The molecule has 1 N–H and O–H groups in total. The summed E-state index contributed by atoms with van der Waals surface area (Å²) in [6.45, 7) is 10.4. The van der Waals surface area contributed by atoms with Crippen LogP contribution in [0.4, 0.5) is 0 Å². The van der Waals surface area contributed by atoms with Crippen LogP contribution in [0.3, 0.4) is 0 Å². The molecule has 2 aliphatic rings. The Hall–Kier alpha value is -0.940. The lowest BCUT2D eigenvalue weighted by molar-refractivity contribution is -0.300. The molecular weight excluding hydrogens is 306 g/mol. The molecule has 1 amide bonds. The topological polar surface area (TPSA) is 66.8 Å². The van der Waals surface area contributed by atoms with Crippen LogP contribution in [0.5, 0.6) is 0 Å². The maximum atomic E-state index is 12.8. The molecule has 5 heteroatoms. The molecule has 24 heavy (non-hydrogen) atoms. The fourth-order valence-electron chi connectivity index (χ4n) is 4.32. The number of carbonyl (C=O) groups excluding carboxylic acids is 2. The van der Waals surface area contributed by atoms with Gasteiger partial charge in [0, 0.05) is 12.5 Å². The SMILES string of the molecule is CC(=O)C1CCCCN1C(=O)CC1(O)OC(C(C)C)C(C)CC1C. The highest BCUT2D eigenvalue weighted by molar-refractivity contribution is 5.88. The number of ketones is 1. The van der Waals surface area contributed by atoms with Gasteiger partial charge in [-0.25, -0.2) is 0 Å². The van der Waals surface area contributed by atoms with Crippen LogP contribution in [-0.2, 0) is 14.3 Å². The molecule has 138 valence electrons. The third-order valence-corrected chi connectivity index (χ3v) is 5.75. The van der Waals surface area contributed by atoms with Gasteiger partial charge in [-0.2, -0.15) is 0 Å². The summed E-state index contributed by atoms with van der Waals surface area (Å²) in [5.41, 5.74) is 0. The van der Waals surface area contributed by atoms with Crippen molar-refractivity contribution in [3.63, 3.8) is 0 Å². The molecule has 0 spiro atoms. The molecule has 2 aliphatic heterocycles. The Bertz CT molecular complexity index is 478. The molecule has 0 aromatic heterocycles. The van der Waals surface area contributed by atoms with Crippen molar-refractivity contribution in [3.05, 3.63) is 0 Å². The number of hydrogen-bond donors (Lipinski definition) is 1. The maximum Gasteiger partial charge on any atom is 0.228 e. The van der Waals surface area contributed by atoms with E-state index in [4.69, 9.17) is 4.74 Å². The van der Waals surface area contributed by atoms with Crippen LogP contribution < -0.4 is 0 Å². The van der Waals surface area contributed by atoms with Gasteiger partial charge in [-0.3, -0.25) is 9.59 Å². The van der Waals surface area contributed by atoms with Gasteiger partial charge in [0.05, 0.1) is 18.6 Å². The van der Waals surface area contributed by atoms with E-state index in [0.29, 0.717) is 12.5 Å². The summed E-state index contributed by atoms with van der Waals surface area (Å²) in [5.74, 6) is -1.03. The van der Waals surface area contributed by atoms with Crippen molar-refractivity contribution < 1.29 is 19.4 Å². The first-order valence-electron chi connectivity index (χ1n) is 9.35. The van der Waals surface area contributed by atoms with E-state index in [1.165, 1.54) is 0 Å². The van der Waals surface area contributed by atoms with Gasteiger partial charge in [-0.15, -0.1) is 0 Å². The molecular formula is C19H33NO4. The number of ether oxygens (including phenoxy) is 1. The average molecular weight is 339 g/mol. The minimum absolute atomic E-state index is 0.0290. The van der Waals surface area contributed by atoms with Crippen molar-refractivity contribution in [3.8, 4) is 0 Å². The summed E-state index contributed by atoms with van der Waals surface area (Å²) in [6.07, 6.45) is 3.33. The zero-order chi connectivity index (χ0) is 18.1. The van der Waals surface area contributed by atoms with Gasteiger partial charge in [0.1, 0.15) is 0 Å².